The number of carbonyl (C=O) groups is 3. The monoisotopic (exact) mass is 812 g/mol. The maximum absolute atomic E-state index is 12.5. The maximum Gasteiger partial charge on any atom is 0.277 e. The van der Waals surface area contributed by atoms with E-state index in [2.05, 4.69) is 31.3 Å². The van der Waals surface area contributed by atoms with Crippen LogP contribution in [0.1, 0.15) is 70.9 Å². The number of rotatable bonds is 12. The highest BCUT2D eigenvalue weighted by Crippen LogP contribution is 2.30. The lowest BCUT2D eigenvalue weighted by Crippen LogP contribution is -2.12. The summed E-state index contributed by atoms with van der Waals surface area (Å²) >= 11 is 12.4. The van der Waals surface area contributed by atoms with Crippen LogP contribution in [0.4, 0.5) is 11.4 Å². The van der Waals surface area contributed by atoms with Crippen LogP contribution in [0.2, 0.25) is 10.0 Å². The first-order valence-electron chi connectivity index (χ1n) is 17.7. The summed E-state index contributed by atoms with van der Waals surface area (Å²) < 4.78 is 25.1. The van der Waals surface area contributed by atoms with Gasteiger partial charge in [0, 0.05) is 22.5 Å². The standard InChI is InChI=1S/C21H21ClN4O4.C19H17ClN4O3/c1-13(2)30-19-8-5-15(11-17(19)22)23-20(27)18-12-26(25-24-18)16-6-3-14(4-7-16)21-28-9-10-29-21;1-12(2)27-18-8-5-14(9-16(18)20)21-19(26)17-10-24(23-22-17)15-6-3-13(11-25)4-7-15/h3-8,11-13,21H,9-10H2,1-2H3,(H,23,27);3-12H,1-2H3,(H,21,26). The van der Waals surface area contributed by atoms with E-state index in [1.54, 1.807) is 66.9 Å². The summed E-state index contributed by atoms with van der Waals surface area (Å²) in [6.45, 7) is 8.82. The minimum atomic E-state index is -0.417. The summed E-state index contributed by atoms with van der Waals surface area (Å²) in [5, 5.41) is 22.1. The number of hydrogen-bond acceptors (Lipinski definition) is 11. The fraction of sp³-hybridized carbons (Fsp3) is 0.225. The highest BCUT2D eigenvalue weighted by Gasteiger charge is 2.19. The number of anilines is 2. The Morgan fingerprint density at radius 3 is 1.54 bits per heavy atom. The van der Waals surface area contributed by atoms with E-state index in [-0.39, 0.29) is 35.8 Å². The molecule has 0 atom stereocenters. The van der Waals surface area contributed by atoms with E-state index < -0.39 is 5.91 Å². The van der Waals surface area contributed by atoms with Gasteiger partial charge in [-0.15, -0.1) is 10.2 Å². The molecule has 4 aromatic carbocycles. The molecule has 1 fully saturated rings. The molecule has 2 aromatic heterocycles. The zero-order chi connectivity index (χ0) is 40.5. The molecule has 3 heterocycles. The summed E-state index contributed by atoms with van der Waals surface area (Å²) in [6, 6.07) is 24.4. The van der Waals surface area contributed by atoms with Gasteiger partial charge in [-0.05, 0) is 100 Å². The summed E-state index contributed by atoms with van der Waals surface area (Å²) in [4.78, 5) is 35.6. The molecule has 1 aliphatic heterocycles. The molecule has 0 unspecified atom stereocenters. The largest absolute Gasteiger partial charge is 0.489 e. The molecular formula is C40H38Cl2N8O7. The third kappa shape index (κ3) is 10.8. The number of ether oxygens (including phenoxy) is 4. The molecule has 1 aliphatic rings. The average Bonchev–Trinajstić information content (AvgIpc) is 4.01. The van der Waals surface area contributed by atoms with Gasteiger partial charge in [0.25, 0.3) is 11.8 Å². The second kappa shape index (κ2) is 18.7. The first kappa shape index (κ1) is 40.5. The van der Waals surface area contributed by atoms with E-state index in [1.807, 2.05) is 52.0 Å². The lowest BCUT2D eigenvalue weighted by molar-refractivity contribution is -0.0441. The van der Waals surface area contributed by atoms with Crippen molar-refractivity contribution in [3.8, 4) is 22.9 Å². The van der Waals surface area contributed by atoms with Crippen molar-refractivity contribution < 1.29 is 33.3 Å². The number of nitrogens with one attached hydrogen (secondary N) is 2. The molecule has 2 amide bonds. The number of aldehydes is 1. The van der Waals surface area contributed by atoms with Crippen molar-refractivity contribution in [1.82, 2.24) is 30.0 Å². The molecule has 0 saturated carbocycles. The Morgan fingerprint density at radius 1 is 0.702 bits per heavy atom. The molecule has 15 nitrogen and oxygen atoms in total. The number of halogens is 2. The van der Waals surface area contributed by atoms with E-state index in [4.69, 9.17) is 42.1 Å². The Bertz CT molecular complexity index is 2320. The topological polar surface area (TPSA) is 174 Å². The average molecular weight is 814 g/mol. The van der Waals surface area contributed by atoms with Crippen LogP contribution in [0.25, 0.3) is 11.4 Å². The van der Waals surface area contributed by atoms with E-state index in [9.17, 15) is 14.4 Å². The molecular weight excluding hydrogens is 775 g/mol. The van der Waals surface area contributed by atoms with Crippen LogP contribution < -0.4 is 20.1 Å². The molecule has 0 bridgehead atoms. The molecule has 0 spiro atoms. The van der Waals surface area contributed by atoms with Gasteiger partial charge in [-0.25, -0.2) is 9.36 Å². The van der Waals surface area contributed by atoms with E-state index >= 15 is 0 Å². The third-order valence-corrected chi connectivity index (χ3v) is 8.49. The van der Waals surface area contributed by atoms with Crippen LogP contribution in [0.3, 0.4) is 0 Å². The van der Waals surface area contributed by atoms with Crippen molar-refractivity contribution in [3.63, 3.8) is 0 Å². The lowest BCUT2D eigenvalue weighted by atomic mass is 10.2. The van der Waals surface area contributed by atoms with Gasteiger partial charge in [-0.1, -0.05) is 45.8 Å². The van der Waals surface area contributed by atoms with Gasteiger partial charge in [0.15, 0.2) is 17.7 Å². The molecule has 6 aromatic rings. The molecule has 17 heteroatoms. The summed E-state index contributed by atoms with van der Waals surface area (Å²) in [5.74, 6) is 0.306. The van der Waals surface area contributed by atoms with E-state index in [0.717, 1.165) is 17.5 Å². The first-order valence-corrected chi connectivity index (χ1v) is 18.5. The van der Waals surface area contributed by atoms with Gasteiger partial charge >= 0.3 is 0 Å². The molecule has 2 N–H and O–H groups in total. The van der Waals surface area contributed by atoms with Crippen molar-refractivity contribution >= 4 is 52.7 Å². The summed E-state index contributed by atoms with van der Waals surface area (Å²) in [7, 11) is 0. The third-order valence-electron chi connectivity index (χ3n) is 7.90. The van der Waals surface area contributed by atoms with Gasteiger partial charge in [-0.2, -0.15) is 0 Å². The number of hydrogen-bond donors (Lipinski definition) is 2. The quantitative estimate of drug-likeness (QED) is 0.116. The van der Waals surface area contributed by atoms with Gasteiger partial charge in [-0.3, -0.25) is 14.4 Å². The van der Waals surface area contributed by atoms with Gasteiger partial charge in [0.2, 0.25) is 0 Å². The van der Waals surface area contributed by atoms with Crippen molar-refractivity contribution in [2.75, 3.05) is 23.8 Å². The number of benzene rings is 4. The van der Waals surface area contributed by atoms with Gasteiger partial charge in [0.05, 0.1) is 59.2 Å². The Balaban J connectivity index is 0.000000194. The first-order chi connectivity index (χ1) is 27.4. The highest BCUT2D eigenvalue weighted by molar-refractivity contribution is 6.32. The van der Waals surface area contributed by atoms with Gasteiger partial charge < -0.3 is 29.6 Å². The number of amides is 2. The number of carbonyl (C=O) groups excluding carboxylic acids is 3. The normalized spacial score (nSPS) is 12.6. The second-order valence-corrected chi connectivity index (χ2v) is 13.8. The fourth-order valence-corrected chi connectivity index (χ4v) is 5.73. The van der Waals surface area contributed by atoms with Crippen LogP contribution in [-0.4, -0.2) is 73.5 Å². The van der Waals surface area contributed by atoms with Crippen LogP contribution >= 0.6 is 23.2 Å². The molecule has 1 saturated heterocycles. The Labute approximate surface area is 337 Å². The van der Waals surface area contributed by atoms with Crippen molar-refractivity contribution in [1.29, 1.82) is 0 Å². The predicted molar refractivity (Wildman–Crippen MR) is 213 cm³/mol. The fourth-order valence-electron chi connectivity index (χ4n) is 5.28. The van der Waals surface area contributed by atoms with Crippen LogP contribution in [0.15, 0.2) is 97.3 Å². The van der Waals surface area contributed by atoms with Gasteiger partial charge in [0.1, 0.15) is 17.8 Å². The Hall–Kier alpha value is -6.13. The van der Waals surface area contributed by atoms with Crippen molar-refractivity contribution in [2.24, 2.45) is 0 Å². The molecule has 0 radical (unpaired) electrons. The predicted octanol–water partition coefficient (Wildman–Crippen LogP) is 7.78. The van der Waals surface area contributed by atoms with Crippen LogP contribution in [0, 0.1) is 0 Å². The SMILES string of the molecule is CC(C)Oc1ccc(NC(=O)c2cn(-c3ccc(C4OCCO4)cc3)nn2)cc1Cl.CC(C)Oc1ccc(NC(=O)c2cn(-c3ccc(C=O)cc3)nn2)cc1Cl. The minimum Gasteiger partial charge on any atom is -0.489 e. The number of nitrogens with zero attached hydrogens (tertiary/aromatic N) is 6. The molecule has 294 valence electrons. The van der Waals surface area contributed by atoms with Crippen molar-refractivity contribution in [3.05, 3.63) is 130 Å². The summed E-state index contributed by atoms with van der Waals surface area (Å²) in [5.41, 5.74) is 4.32. The smallest absolute Gasteiger partial charge is 0.277 e. The second-order valence-electron chi connectivity index (χ2n) is 13.0. The maximum atomic E-state index is 12.5. The van der Waals surface area contributed by atoms with E-state index in [1.165, 1.54) is 15.6 Å². The summed E-state index contributed by atoms with van der Waals surface area (Å²) in [6.07, 6.45) is 3.49. The highest BCUT2D eigenvalue weighted by atomic mass is 35.5. The zero-order valence-electron chi connectivity index (χ0n) is 31.3. The Kier molecular flexibility index (Phi) is 13.3. The zero-order valence-corrected chi connectivity index (χ0v) is 32.8. The van der Waals surface area contributed by atoms with Crippen molar-refractivity contribution in [2.45, 2.75) is 46.2 Å². The van der Waals surface area contributed by atoms with Crippen LogP contribution in [0.5, 0.6) is 11.5 Å². The minimum absolute atomic E-state index is 0.00132. The lowest BCUT2D eigenvalue weighted by Gasteiger charge is -2.12. The number of aromatic nitrogens is 6. The van der Waals surface area contributed by atoms with E-state index in [0.29, 0.717) is 57.4 Å². The van der Waals surface area contributed by atoms with Crippen LogP contribution in [-0.2, 0) is 9.47 Å². The molecule has 57 heavy (non-hydrogen) atoms. The molecule has 7 rings (SSSR count). The molecule has 0 aliphatic carbocycles. The Morgan fingerprint density at radius 2 is 1.14 bits per heavy atom.